The Kier molecular flexibility index (Phi) is 4.32. The third-order valence-electron chi connectivity index (χ3n) is 3.45. The van der Waals surface area contributed by atoms with Crippen LogP contribution >= 0.6 is 0 Å². The first-order chi connectivity index (χ1) is 9.44. The maximum absolute atomic E-state index is 12.3. The Balaban J connectivity index is 2.24. The number of nitrogens with two attached hydrogens (primary N) is 1. The molecule has 0 radical (unpaired) electrons. The van der Waals surface area contributed by atoms with Crippen LogP contribution in [0.15, 0.2) is 18.2 Å². The van der Waals surface area contributed by atoms with Gasteiger partial charge in [-0.15, -0.1) is 0 Å². The molecule has 1 amide bonds. The van der Waals surface area contributed by atoms with E-state index in [0.29, 0.717) is 18.7 Å². The van der Waals surface area contributed by atoms with Crippen LogP contribution < -0.4 is 10.6 Å². The van der Waals surface area contributed by atoms with Crippen LogP contribution in [-0.2, 0) is 21.1 Å². The summed E-state index contributed by atoms with van der Waals surface area (Å²) in [4.78, 5) is 13.8. The van der Waals surface area contributed by atoms with E-state index in [-0.39, 0.29) is 11.7 Å². The van der Waals surface area contributed by atoms with Gasteiger partial charge in [-0.05, 0) is 37.0 Å². The van der Waals surface area contributed by atoms with Crippen LogP contribution in [0, 0.1) is 0 Å². The van der Waals surface area contributed by atoms with E-state index in [1.807, 2.05) is 6.07 Å². The maximum Gasteiger partial charge on any atom is 0.242 e. The number of nitrogen functional groups attached to an aromatic ring is 1. The summed E-state index contributed by atoms with van der Waals surface area (Å²) >= 11 is 0. The van der Waals surface area contributed by atoms with Crippen LogP contribution in [0.25, 0.3) is 0 Å². The normalized spacial score (nSPS) is 14.9. The van der Waals surface area contributed by atoms with E-state index in [1.54, 1.807) is 24.0 Å². The molecule has 0 aromatic heterocycles. The molecule has 20 heavy (non-hydrogen) atoms. The van der Waals surface area contributed by atoms with Crippen LogP contribution in [0.3, 0.4) is 0 Å². The van der Waals surface area contributed by atoms with E-state index in [2.05, 4.69) is 0 Å². The Morgan fingerprint density at radius 2 is 2.15 bits per heavy atom. The van der Waals surface area contributed by atoms with Crippen LogP contribution in [-0.4, -0.2) is 32.4 Å². The molecule has 110 valence electrons. The zero-order chi connectivity index (χ0) is 14.8. The van der Waals surface area contributed by atoms with E-state index in [9.17, 15) is 13.2 Å². The molecule has 1 aromatic carbocycles. The van der Waals surface area contributed by atoms with E-state index in [4.69, 9.17) is 5.73 Å². The minimum Gasteiger partial charge on any atom is -0.398 e. The molecule has 6 heteroatoms. The number of sulfone groups is 1. The molecule has 0 atom stereocenters. The van der Waals surface area contributed by atoms with Gasteiger partial charge >= 0.3 is 0 Å². The summed E-state index contributed by atoms with van der Waals surface area (Å²) in [5.41, 5.74) is 8.29. The lowest BCUT2D eigenvalue weighted by Gasteiger charge is -2.30. The molecule has 0 unspecified atom stereocenters. The monoisotopic (exact) mass is 296 g/mol. The van der Waals surface area contributed by atoms with Crippen molar-refractivity contribution >= 4 is 27.1 Å². The van der Waals surface area contributed by atoms with Crippen molar-refractivity contribution in [3.8, 4) is 0 Å². The van der Waals surface area contributed by atoms with Crippen molar-refractivity contribution in [1.82, 2.24) is 0 Å². The number of carbonyl (C=O) groups is 1. The molecule has 1 aliphatic rings. The van der Waals surface area contributed by atoms with Gasteiger partial charge in [-0.3, -0.25) is 4.79 Å². The van der Waals surface area contributed by atoms with Gasteiger partial charge in [0.1, 0.15) is 5.75 Å². The topological polar surface area (TPSA) is 80.5 Å². The van der Waals surface area contributed by atoms with Gasteiger partial charge in [-0.2, -0.15) is 0 Å². The Bertz CT molecular complexity index is 611. The SMILES string of the molecule is CCCS(=O)(=O)CC(=O)N1CCCc2c(N)cccc21. The summed E-state index contributed by atoms with van der Waals surface area (Å²) < 4.78 is 23.6. The second-order valence-corrected chi connectivity index (χ2v) is 7.27. The minimum absolute atomic E-state index is 0.0520. The van der Waals surface area contributed by atoms with Gasteiger partial charge in [0.15, 0.2) is 9.84 Å². The van der Waals surface area contributed by atoms with Gasteiger partial charge in [0.2, 0.25) is 5.91 Å². The summed E-state index contributed by atoms with van der Waals surface area (Å²) in [7, 11) is -3.32. The van der Waals surface area contributed by atoms with Crippen LogP contribution in [0.2, 0.25) is 0 Å². The second kappa shape index (κ2) is 5.83. The number of hydrogen-bond donors (Lipinski definition) is 1. The molecule has 1 aliphatic heterocycles. The molecule has 0 fully saturated rings. The molecule has 1 heterocycles. The molecule has 2 N–H and O–H groups in total. The highest BCUT2D eigenvalue weighted by Gasteiger charge is 2.26. The van der Waals surface area contributed by atoms with Crippen molar-refractivity contribution in [2.24, 2.45) is 0 Å². The summed E-state index contributed by atoms with van der Waals surface area (Å²) in [6.07, 6.45) is 2.16. The van der Waals surface area contributed by atoms with Crippen molar-refractivity contribution in [2.45, 2.75) is 26.2 Å². The fourth-order valence-corrected chi connectivity index (χ4v) is 3.86. The zero-order valence-electron chi connectivity index (χ0n) is 11.6. The molecule has 0 bridgehead atoms. The number of amides is 1. The number of nitrogens with zero attached hydrogens (tertiary/aromatic N) is 1. The van der Waals surface area contributed by atoms with Crippen molar-refractivity contribution < 1.29 is 13.2 Å². The Morgan fingerprint density at radius 3 is 2.85 bits per heavy atom. The smallest absolute Gasteiger partial charge is 0.242 e. The number of fused-ring (bicyclic) bond motifs is 1. The molecular formula is C14H20N2O3S. The third kappa shape index (κ3) is 3.12. The highest BCUT2D eigenvalue weighted by molar-refractivity contribution is 7.92. The van der Waals surface area contributed by atoms with Crippen LogP contribution in [0.1, 0.15) is 25.3 Å². The molecular weight excluding hydrogens is 276 g/mol. The lowest BCUT2D eigenvalue weighted by Crippen LogP contribution is -2.39. The number of anilines is 2. The fraction of sp³-hybridized carbons (Fsp3) is 0.500. The fourth-order valence-electron chi connectivity index (χ4n) is 2.56. The van der Waals surface area contributed by atoms with Gasteiger partial charge in [-0.25, -0.2) is 8.42 Å². The second-order valence-electron chi connectivity index (χ2n) is 5.09. The van der Waals surface area contributed by atoms with Crippen LogP contribution in [0.4, 0.5) is 11.4 Å². The molecule has 0 saturated carbocycles. The molecule has 2 rings (SSSR count). The third-order valence-corrected chi connectivity index (χ3v) is 5.16. The standard InChI is InChI=1S/C14H20N2O3S/c1-2-9-20(18,19)10-14(17)16-8-4-5-11-12(15)6-3-7-13(11)16/h3,6-7H,2,4-5,8-10,15H2,1H3. The van der Waals surface area contributed by atoms with Gasteiger partial charge in [0.05, 0.1) is 5.75 Å². The highest BCUT2D eigenvalue weighted by Crippen LogP contribution is 2.31. The molecule has 5 nitrogen and oxygen atoms in total. The number of hydrogen-bond acceptors (Lipinski definition) is 4. The Labute approximate surface area is 119 Å². The van der Waals surface area contributed by atoms with E-state index < -0.39 is 15.6 Å². The first-order valence-electron chi connectivity index (χ1n) is 6.83. The van der Waals surface area contributed by atoms with E-state index in [1.165, 1.54) is 0 Å². The molecule has 0 aliphatic carbocycles. The van der Waals surface area contributed by atoms with Gasteiger partial charge < -0.3 is 10.6 Å². The first-order valence-corrected chi connectivity index (χ1v) is 8.65. The number of benzene rings is 1. The van der Waals surface area contributed by atoms with Gasteiger partial charge in [-0.1, -0.05) is 13.0 Å². The molecule has 0 saturated heterocycles. The number of rotatable bonds is 4. The lowest BCUT2D eigenvalue weighted by molar-refractivity contribution is -0.116. The Morgan fingerprint density at radius 1 is 1.40 bits per heavy atom. The van der Waals surface area contributed by atoms with Crippen molar-refractivity contribution in [3.05, 3.63) is 23.8 Å². The maximum atomic E-state index is 12.3. The van der Waals surface area contributed by atoms with Crippen LogP contribution in [0.5, 0.6) is 0 Å². The van der Waals surface area contributed by atoms with E-state index >= 15 is 0 Å². The van der Waals surface area contributed by atoms with E-state index in [0.717, 1.165) is 24.1 Å². The van der Waals surface area contributed by atoms with Crippen molar-refractivity contribution in [1.29, 1.82) is 0 Å². The first kappa shape index (κ1) is 14.8. The largest absolute Gasteiger partial charge is 0.398 e. The zero-order valence-corrected chi connectivity index (χ0v) is 12.4. The summed E-state index contributed by atoms with van der Waals surface area (Å²) in [6, 6.07) is 5.43. The van der Waals surface area contributed by atoms with Crippen molar-refractivity contribution in [3.63, 3.8) is 0 Å². The Hall–Kier alpha value is -1.56. The number of carbonyl (C=O) groups excluding carboxylic acids is 1. The highest BCUT2D eigenvalue weighted by atomic mass is 32.2. The molecule has 1 aromatic rings. The average molecular weight is 296 g/mol. The predicted octanol–water partition coefficient (Wildman–Crippen LogP) is 1.37. The van der Waals surface area contributed by atoms with Gasteiger partial charge in [0.25, 0.3) is 0 Å². The lowest BCUT2D eigenvalue weighted by atomic mass is 10.00. The van der Waals surface area contributed by atoms with Gasteiger partial charge in [0, 0.05) is 17.9 Å². The molecule has 0 spiro atoms. The summed E-state index contributed by atoms with van der Waals surface area (Å²) in [5, 5.41) is 0. The van der Waals surface area contributed by atoms with Crippen molar-refractivity contribution in [2.75, 3.05) is 28.7 Å². The average Bonchev–Trinajstić information content (AvgIpc) is 2.38. The summed E-state index contributed by atoms with van der Waals surface area (Å²) in [6.45, 7) is 2.34. The quantitative estimate of drug-likeness (QED) is 0.851. The summed E-state index contributed by atoms with van der Waals surface area (Å²) in [5.74, 6) is -0.726. The predicted molar refractivity (Wildman–Crippen MR) is 80.5 cm³/mol. The minimum atomic E-state index is -3.32.